The van der Waals surface area contributed by atoms with E-state index >= 15 is 0 Å². The van der Waals surface area contributed by atoms with Gasteiger partial charge in [-0.1, -0.05) is 84.9 Å². The summed E-state index contributed by atoms with van der Waals surface area (Å²) in [4.78, 5) is 46.5. The predicted octanol–water partition coefficient (Wildman–Crippen LogP) is -0.0909. The summed E-state index contributed by atoms with van der Waals surface area (Å²) < 4.78 is 12.1. The van der Waals surface area contributed by atoms with E-state index < -0.39 is 43.3 Å². The second kappa shape index (κ2) is 13.0. The molecule has 1 saturated heterocycles. The molecule has 1 heterocycles. The molecular weight excluding hydrogens is 502 g/mol. The predicted molar refractivity (Wildman–Crippen MR) is 136 cm³/mol. The van der Waals surface area contributed by atoms with Crippen LogP contribution in [-0.2, 0) is 20.6 Å². The fraction of sp³-hybridized carbons (Fsp3) is 0.259. The van der Waals surface area contributed by atoms with Crippen LogP contribution in [0.25, 0.3) is 16.8 Å². The molecule has 1 aliphatic heterocycles. The summed E-state index contributed by atoms with van der Waals surface area (Å²) in [6.45, 7) is 0. The molecule has 4 N–H and O–H groups in total. The van der Waals surface area contributed by atoms with Crippen LogP contribution in [0.3, 0.4) is 0 Å². The van der Waals surface area contributed by atoms with Crippen LogP contribution in [0.4, 0.5) is 0 Å². The Balaban J connectivity index is 0.00000380. The van der Waals surface area contributed by atoms with E-state index in [4.69, 9.17) is 0 Å². The first-order chi connectivity index (χ1) is 17.2. The van der Waals surface area contributed by atoms with Crippen molar-refractivity contribution in [1.82, 2.24) is 10.6 Å². The first-order valence-electron chi connectivity index (χ1n) is 11.7. The minimum absolute atomic E-state index is 0. The maximum Gasteiger partial charge on any atom is 1.00 e. The van der Waals surface area contributed by atoms with Gasteiger partial charge in [0.2, 0.25) is 5.91 Å². The number of carboxylic acids is 1. The Kier molecular flexibility index (Phi) is 10.3. The van der Waals surface area contributed by atoms with Crippen molar-refractivity contribution in [3.63, 3.8) is 0 Å². The third kappa shape index (κ3) is 7.62. The van der Waals surface area contributed by atoms with Gasteiger partial charge in [-0.25, -0.2) is 4.79 Å². The number of fused-ring (bicyclic) bond motifs is 1. The van der Waals surface area contributed by atoms with E-state index in [1.807, 2.05) is 60.7 Å². The molecule has 0 saturated carbocycles. The van der Waals surface area contributed by atoms with Crippen molar-refractivity contribution in [3.05, 3.63) is 90.0 Å². The molecule has 0 aliphatic carbocycles. The van der Waals surface area contributed by atoms with E-state index in [1.54, 1.807) is 24.3 Å². The van der Waals surface area contributed by atoms with E-state index in [0.29, 0.717) is 6.42 Å². The van der Waals surface area contributed by atoms with Crippen molar-refractivity contribution in [2.45, 2.75) is 37.1 Å². The molecule has 188 valence electrons. The molecule has 1 amide bonds. The number of carboxylic acid groups (broad SMARTS) is 1. The molecule has 10 heteroatoms. The van der Waals surface area contributed by atoms with E-state index in [9.17, 15) is 29.0 Å². The maximum absolute atomic E-state index is 12.9. The van der Waals surface area contributed by atoms with Crippen LogP contribution in [0.1, 0.15) is 24.0 Å². The molecule has 0 spiro atoms. The van der Waals surface area contributed by atoms with E-state index in [2.05, 4.69) is 10.6 Å². The molecule has 8 nitrogen and oxygen atoms in total. The van der Waals surface area contributed by atoms with Crippen molar-refractivity contribution in [1.29, 1.82) is 0 Å². The Morgan fingerprint density at radius 2 is 1.76 bits per heavy atom. The Labute approximate surface area is 237 Å². The van der Waals surface area contributed by atoms with Gasteiger partial charge in [0.25, 0.3) is 0 Å². The van der Waals surface area contributed by atoms with Gasteiger partial charge in [0, 0.05) is 6.42 Å². The standard InChI is InChI=1S/C27H29N2O6P.Na/c30-25(28-24(27(31)32)16-18-8-2-1-3-9-18)23-17-21(26(29-23)36(33,34)35)14-7-13-20-12-6-11-19-10-4-5-15-22(19)20;/h1-13,15,21,23-24,26,29H,14,16-17H2,(H,28,30)(H,31,32)(H2,33,34,35);/q;+1/p-1/b13-7+;/t21-,23+,24+,26+;/m1./s1. The van der Waals surface area contributed by atoms with Crippen molar-refractivity contribution >= 4 is 36.3 Å². The molecule has 5 atom stereocenters. The average Bonchev–Trinajstić information content (AvgIpc) is 3.29. The maximum atomic E-state index is 12.9. The number of rotatable bonds is 9. The molecule has 0 bridgehead atoms. The average molecular weight is 530 g/mol. The number of carbonyl (C=O) groups excluding carboxylic acids is 1. The van der Waals surface area contributed by atoms with E-state index in [-0.39, 0.29) is 42.4 Å². The smallest absolute Gasteiger partial charge is 0.778 e. The number of amides is 1. The third-order valence-corrected chi connectivity index (χ3v) is 7.76. The monoisotopic (exact) mass is 530 g/mol. The van der Waals surface area contributed by atoms with Gasteiger partial charge >= 0.3 is 35.5 Å². The molecule has 0 radical (unpaired) electrons. The number of carbonyl (C=O) groups is 2. The summed E-state index contributed by atoms with van der Waals surface area (Å²) in [7, 11) is -4.80. The Hall–Kier alpha value is -2.29. The fourth-order valence-corrected chi connectivity index (χ4v) is 5.84. The zero-order valence-corrected chi connectivity index (χ0v) is 23.4. The van der Waals surface area contributed by atoms with Gasteiger partial charge in [0.05, 0.1) is 11.8 Å². The van der Waals surface area contributed by atoms with Crippen LogP contribution in [0.5, 0.6) is 0 Å². The first kappa shape index (κ1) is 29.3. The fourth-order valence-electron chi connectivity index (χ4n) is 4.70. The van der Waals surface area contributed by atoms with Gasteiger partial charge in [-0.2, -0.15) is 0 Å². The molecule has 3 aromatic rings. The molecule has 1 aliphatic rings. The third-order valence-electron chi connectivity index (χ3n) is 6.48. The van der Waals surface area contributed by atoms with Crippen molar-refractivity contribution in [2.24, 2.45) is 5.92 Å². The minimum atomic E-state index is -4.80. The van der Waals surface area contributed by atoms with Gasteiger partial charge in [-0.05, 0) is 40.7 Å². The summed E-state index contributed by atoms with van der Waals surface area (Å²) in [5, 5.41) is 16.9. The van der Waals surface area contributed by atoms with Crippen LogP contribution < -0.4 is 45.1 Å². The number of aliphatic carboxylic acids is 1. The first-order valence-corrected chi connectivity index (χ1v) is 13.4. The molecule has 4 rings (SSSR count). The zero-order valence-electron chi connectivity index (χ0n) is 20.5. The van der Waals surface area contributed by atoms with Crippen molar-refractivity contribution < 1.29 is 58.6 Å². The second-order valence-corrected chi connectivity index (χ2v) is 10.7. The molecule has 0 aromatic heterocycles. The number of hydrogen-bond acceptors (Lipinski definition) is 5. The van der Waals surface area contributed by atoms with Gasteiger partial charge in [-0.15, -0.1) is 0 Å². The SMILES string of the molecule is O=C(O)[C@H](Cc1ccccc1)NC(=O)[C@@H]1C[C@@H](C/C=C/c2cccc3ccccc23)[C@H](P(=O)([O-])O)N1.[Na+]. The number of nitrogens with one attached hydrogen (secondary N) is 2. The van der Waals surface area contributed by atoms with Crippen LogP contribution in [-0.4, -0.2) is 39.7 Å². The Morgan fingerprint density at radius 1 is 1.08 bits per heavy atom. The van der Waals surface area contributed by atoms with Gasteiger partial charge in [-0.3, -0.25) is 10.1 Å². The van der Waals surface area contributed by atoms with E-state index in [1.165, 1.54) is 0 Å². The number of allylic oxidation sites excluding steroid dienone is 1. The molecule has 3 aromatic carbocycles. The van der Waals surface area contributed by atoms with E-state index in [0.717, 1.165) is 21.9 Å². The number of hydrogen-bond donors (Lipinski definition) is 4. The van der Waals surface area contributed by atoms with Gasteiger partial charge in [0.15, 0.2) is 0 Å². The van der Waals surface area contributed by atoms with Gasteiger partial charge in [0.1, 0.15) is 13.6 Å². The van der Waals surface area contributed by atoms with Crippen LogP contribution in [0, 0.1) is 5.92 Å². The van der Waals surface area contributed by atoms with Crippen LogP contribution >= 0.6 is 7.60 Å². The summed E-state index contributed by atoms with van der Waals surface area (Å²) in [5.41, 5.74) is 1.72. The zero-order chi connectivity index (χ0) is 25.7. The molecule has 1 fully saturated rings. The van der Waals surface area contributed by atoms with Crippen molar-refractivity contribution in [2.75, 3.05) is 0 Å². The molecular formula is C27H28N2NaO6P. The Morgan fingerprint density at radius 3 is 2.46 bits per heavy atom. The largest absolute Gasteiger partial charge is 1.00 e. The molecule has 1 unspecified atom stereocenters. The summed E-state index contributed by atoms with van der Waals surface area (Å²) in [6.07, 6.45) is 4.28. The van der Waals surface area contributed by atoms with Crippen LogP contribution in [0.2, 0.25) is 0 Å². The topological polar surface area (TPSA) is 139 Å². The summed E-state index contributed by atoms with van der Waals surface area (Å²) >= 11 is 0. The van der Waals surface area contributed by atoms with Crippen molar-refractivity contribution in [3.8, 4) is 0 Å². The summed E-state index contributed by atoms with van der Waals surface area (Å²) in [5.74, 6) is -3.66. The second-order valence-electron chi connectivity index (χ2n) is 9.02. The minimum Gasteiger partial charge on any atom is -0.778 e. The van der Waals surface area contributed by atoms with Crippen LogP contribution in [0.15, 0.2) is 78.9 Å². The Bertz CT molecular complexity index is 1310. The van der Waals surface area contributed by atoms with Gasteiger partial charge < -0.3 is 24.8 Å². The normalized spacial score (nSPS) is 21.7. The quantitative estimate of drug-likeness (QED) is 0.224. The molecule has 37 heavy (non-hydrogen) atoms. The number of benzene rings is 3. The summed E-state index contributed by atoms with van der Waals surface area (Å²) in [6, 6.07) is 20.6.